The first-order valence-corrected chi connectivity index (χ1v) is 6.88. The van der Waals surface area contributed by atoms with Crippen LogP contribution < -0.4 is 5.32 Å². The molecule has 0 aromatic heterocycles. The van der Waals surface area contributed by atoms with E-state index in [9.17, 15) is 14.7 Å². The number of phenolic OH excluding ortho intramolecular Hbond substituents is 1. The van der Waals surface area contributed by atoms with Gasteiger partial charge in [-0.1, -0.05) is 24.3 Å². The van der Waals surface area contributed by atoms with Crippen molar-refractivity contribution in [3.8, 4) is 5.75 Å². The van der Waals surface area contributed by atoms with Crippen molar-refractivity contribution in [3.63, 3.8) is 0 Å². The van der Waals surface area contributed by atoms with Crippen LogP contribution in [0, 0.1) is 6.92 Å². The number of phenols is 1. The number of nitrogens with one attached hydrogen (secondary N) is 1. The summed E-state index contributed by atoms with van der Waals surface area (Å²) < 4.78 is 0. The van der Waals surface area contributed by atoms with Gasteiger partial charge in [-0.25, -0.2) is 4.79 Å². The minimum Gasteiger partial charge on any atom is -0.508 e. The quantitative estimate of drug-likeness (QED) is 0.792. The number of hydrogen-bond acceptors (Lipinski definition) is 3. The summed E-state index contributed by atoms with van der Waals surface area (Å²) in [5, 5.41) is 21.3. The molecule has 0 aliphatic rings. The molecule has 1 amide bonds. The van der Waals surface area contributed by atoms with E-state index < -0.39 is 5.97 Å². The molecule has 0 saturated heterocycles. The maximum atomic E-state index is 11.9. The average molecular weight is 299 g/mol. The Bertz CT molecular complexity index is 710. The van der Waals surface area contributed by atoms with Gasteiger partial charge in [-0.05, 0) is 42.7 Å². The number of benzene rings is 2. The highest BCUT2D eigenvalue weighted by atomic mass is 16.4. The van der Waals surface area contributed by atoms with Gasteiger partial charge >= 0.3 is 5.97 Å². The van der Waals surface area contributed by atoms with E-state index in [4.69, 9.17) is 5.11 Å². The molecule has 2 rings (SSSR count). The number of hydrogen-bond donors (Lipinski definition) is 3. The van der Waals surface area contributed by atoms with Gasteiger partial charge in [0.2, 0.25) is 5.91 Å². The van der Waals surface area contributed by atoms with Crippen LogP contribution in [0.25, 0.3) is 0 Å². The molecule has 0 spiro atoms. The van der Waals surface area contributed by atoms with Gasteiger partial charge in [0.25, 0.3) is 0 Å². The van der Waals surface area contributed by atoms with Crippen LogP contribution >= 0.6 is 0 Å². The summed E-state index contributed by atoms with van der Waals surface area (Å²) in [5.74, 6) is -1.15. The van der Waals surface area contributed by atoms with Gasteiger partial charge in [-0.3, -0.25) is 4.79 Å². The Hall–Kier alpha value is -2.82. The number of aromatic carboxylic acids is 1. The Morgan fingerprint density at radius 1 is 1.14 bits per heavy atom. The highest BCUT2D eigenvalue weighted by Crippen LogP contribution is 2.19. The van der Waals surface area contributed by atoms with E-state index in [-0.39, 0.29) is 29.3 Å². The molecule has 0 radical (unpaired) electrons. The summed E-state index contributed by atoms with van der Waals surface area (Å²) in [4.78, 5) is 23.0. The summed E-state index contributed by atoms with van der Waals surface area (Å²) in [5.41, 5.74) is 1.98. The minimum atomic E-state index is -1.08. The number of carboxylic acids is 1. The maximum Gasteiger partial charge on any atom is 0.337 e. The normalized spacial score (nSPS) is 10.2. The molecule has 2 aromatic carbocycles. The van der Waals surface area contributed by atoms with Crippen molar-refractivity contribution < 1.29 is 19.8 Å². The van der Waals surface area contributed by atoms with Crippen LogP contribution in [-0.4, -0.2) is 22.1 Å². The molecule has 0 saturated carbocycles. The van der Waals surface area contributed by atoms with E-state index in [0.29, 0.717) is 6.42 Å². The second-order valence-corrected chi connectivity index (χ2v) is 5.02. The van der Waals surface area contributed by atoms with Crippen LogP contribution in [-0.2, 0) is 11.2 Å². The Morgan fingerprint density at radius 3 is 2.55 bits per heavy atom. The second-order valence-electron chi connectivity index (χ2n) is 5.02. The fraction of sp³-hybridized carbons (Fsp3) is 0.176. The third kappa shape index (κ3) is 3.85. The van der Waals surface area contributed by atoms with Crippen molar-refractivity contribution in [2.45, 2.75) is 19.8 Å². The number of aromatic hydroxyl groups is 1. The molecule has 22 heavy (non-hydrogen) atoms. The lowest BCUT2D eigenvalue weighted by Gasteiger charge is -2.08. The predicted molar refractivity (Wildman–Crippen MR) is 83.2 cm³/mol. The molecular formula is C17H17NO4. The summed E-state index contributed by atoms with van der Waals surface area (Å²) in [6.07, 6.45) is 0.672. The van der Waals surface area contributed by atoms with Gasteiger partial charge in [0.1, 0.15) is 5.75 Å². The zero-order valence-corrected chi connectivity index (χ0v) is 12.2. The van der Waals surface area contributed by atoms with E-state index in [1.165, 1.54) is 6.07 Å². The maximum absolute atomic E-state index is 11.9. The third-order valence-corrected chi connectivity index (χ3v) is 3.35. The molecule has 5 nitrogen and oxygen atoms in total. The molecule has 0 aliphatic heterocycles. The van der Waals surface area contributed by atoms with Crippen LogP contribution in [0.15, 0.2) is 42.5 Å². The van der Waals surface area contributed by atoms with Crippen LogP contribution in [0.3, 0.4) is 0 Å². The van der Waals surface area contributed by atoms with Crippen LogP contribution in [0.2, 0.25) is 0 Å². The lowest BCUT2D eigenvalue weighted by atomic mass is 10.1. The lowest BCUT2D eigenvalue weighted by molar-refractivity contribution is -0.116. The summed E-state index contributed by atoms with van der Waals surface area (Å²) in [7, 11) is 0. The molecule has 3 N–H and O–H groups in total. The van der Waals surface area contributed by atoms with Gasteiger partial charge in [0.05, 0.1) is 11.3 Å². The Labute approximate surface area is 128 Å². The number of anilines is 1. The van der Waals surface area contributed by atoms with Gasteiger partial charge in [-0.15, -0.1) is 0 Å². The van der Waals surface area contributed by atoms with E-state index in [1.807, 2.05) is 6.07 Å². The number of carbonyl (C=O) groups excluding carboxylic acids is 1. The third-order valence-electron chi connectivity index (χ3n) is 3.35. The number of para-hydroxylation sites is 1. The topological polar surface area (TPSA) is 86.6 Å². The molecule has 0 aliphatic carbocycles. The van der Waals surface area contributed by atoms with Crippen LogP contribution in [0.1, 0.15) is 27.9 Å². The fourth-order valence-corrected chi connectivity index (χ4v) is 2.06. The minimum absolute atomic E-state index is 0.0591. The zero-order valence-electron chi connectivity index (χ0n) is 12.2. The van der Waals surface area contributed by atoms with E-state index in [2.05, 4.69) is 5.32 Å². The monoisotopic (exact) mass is 299 g/mol. The van der Waals surface area contributed by atoms with Crippen molar-refractivity contribution >= 4 is 17.6 Å². The summed E-state index contributed by atoms with van der Waals surface area (Å²) in [6.45, 7) is 1.80. The Kier molecular flexibility index (Phi) is 4.78. The van der Waals surface area contributed by atoms with Crippen molar-refractivity contribution in [1.29, 1.82) is 0 Å². The van der Waals surface area contributed by atoms with Crippen LogP contribution in [0.4, 0.5) is 5.69 Å². The van der Waals surface area contributed by atoms with Gasteiger partial charge < -0.3 is 15.5 Å². The fourth-order valence-electron chi connectivity index (χ4n) is 2.06. The molecular weight excluding hydrogens is 282 g/mol. The van der Waals surface area contributed by atoms with E-state index in [0.717, 1.165) is 11.1 Å². The Balaban J connectivity index is 1.99. The van der Waals surface area contributed by atoms with E-state index in [1.54, 1.807) is 37.3 Å². The number of aryl methyl sites for hydroxylation is 2. The molecule has 0 heterocycles. The van der Waals surface area contributed by atoms with Crippen LogP contribution in [0.5, 0.6) is 5.75 Å². The lowest BCUT2D eigenvalue weighted by Crippen LogP contribution is -2.15. The molecule has 0 fully saturated rings. The van der Waals surface area contributed by atoms with Crippen molar-refractivity contribution in [2.24, 2.45) is 0 Å². The highest BCUT2D eigenvalue weighted by molar-refractivity contribution is 6.00. The average Bonchev–Trinajstić information content (AvgIpc) is 2.49. The highest BCUT2D eigenvalue weighted by Gasteiger charge is 2.11. The molecule has 0 unspecified atom stereocenters. The van der Waals surface area contributed by atoms with Crippen molar-refractivity contribution in [2.75, 3.05) is 5.32 Å². The van der Waals surface area contributed by atoms with Gasteiger partial charge in [0.15, 0.2) is 0 Å². The molecule has 0 atom stereocenters. The Morgan fingerprint density at radius 2 is 1.86 bits per heavy atom. The molecule has 0 bridgehead atoms. The standard InChI is InChI=1S/C17H17NO4/c1-11-6-7-12(10-15(11)19)8-9-16(20)18-14-5-3-2-4-13(14)17(21)22/h2-7,10,19H,8-9H2,1H3,(H,18,20)(H,21,22). The zero-order chi connectivity index (χ0) is 16.1. The number of carbonyl (C=O) groups is 2. The van der Waals surface area contributed by atoms with E-state index >= 15 is 0 Å². The first kappa shape index (κ1) is 15.6. The largest absolute Gasteiger partial charge is 0.508 e. The predicted octanol–water partition coefficient (Wildman–Crippen LogP) is 2.97. The molecule has 5 heteroatoms. The van der Waals surface area contributed by atoms with Gasteiger partial charge in [0, 0.05) is 6.42 Å². The number of amides is 1. The first-order chi connectivity index (χ1) is 10.5. The summed E-state index contributed by atoms with van der Waals surface area (Å²) >= 11 is 0. The number of rotatable bonds is 5. The van der Waals surface area contributed by atoms with Crippen molar-refractivity contribution in [1.82, 2.24) is 0 Å². The van der Waals surface area contributed by atoms with Gasteiger partial charge in [-0.2, -0.15) is 0 Å². The summed E-state index contributed by atoms with van der Waals surface area (Å²) in [6, 6.07) is 11.5. The molecule has 114 valence electrons. The second kappa shape index (κ2) is 6.76. The SMILES string of the molecule is Cc1ccc(CCC(=O)Nc2ccccc2C(=O)O)cc1O. The first-order valence-electron chi connectivity index (χ1n) is 6.88. The smallest absolute Gasteiger partial charge is 0.337 e. The molecule has 2 aromatic rings. The number of carboxylic acid groups (broad SMARTS) is 1. The van der Waals surface area contributed by atoms with Crippen molar-refractivity contribution in [3.05, 3.63) is 59.2 Å².